The normalized spacial score (nSPS) is 9.85. The summed E-state index contributed by atoms with van der Waals surface area (Å²) in [5.74, 6) is 0. The molecule has 2 N–H and O–H groups in total. The standard InChI is InChI=1S/C14H16N4O2/c1-2-20-14(19)18-12-5-3-11(4-6-12)16-9-13-7-8-15-10-17-13/h3-8,10,16H,2,9H2,1H3,(H,18,19). The molecule has 0 aliphatic carbocycles. The third kappa shape index (κ3) is 4.24. The Balaban J connectivity index is 1.87. The minimum atomic E-state index is -0.450. The number of aromatic nitrogens is 2. The molecule has 2 aromatic rings. The van der Waals surface area contributed by atoms with E-state index in [1.165, 1.54) is 6.33 Å². The number of carbonyl (C=O) groups excluding carboxylic acids is 1. The molecular weight excluding hydrogens is 256 g/mol. The van der Waals surface area contributed by atoms with Crippen LogP contribution in [0.15, 0.2) is 42.9 Å². The highest BCUT2D eigenvalue weighted by molar-refractivity contribution is 5.84. The maximum absolute atomic E-state index is 11.2. The molecule has 1 aromatic heterocycles. The van der Waals surface area contributed by atoms with E-state index in [0.29, 0.717) is 18.8 Å². The number of anilines is 2. The van der Waals surface area contributed by atoms with Crippen LogP contribution in [0, 0.1) is 0 Å². The lowest BCUT2D eigenvalue weighted by molar-refractivity contribution is 0.168. The second kappa shape index (κ2) is 7.08. The molecule has 0 aliphatic rings. The third-order valence-electron chi connectivity index (χ3n) is 2.52. The number of ether oxygens (including phenoxy) is 1. The summed E-state index contributed by atoms with van der Waals surface area (Å²) in [4.78, 5) is 19.2. The van der Waals surface area contributed by atoms with Gasteiger partial charge in [-0.15, -0.1) is 0 Å². The Bertz CT molecular complexity index is 543. The van der Waals surface area contributed by atoms with Gasteiger partial charge in [0.25, 0.3) is 0 Å². The maximum Gasteiger partial charge on any atom is 0.411 e. The minimum Gasteiger partial charge on any atom is -0.450 e. The van der Waals surface area contributed by atoms with Gasteiger partial charge in [0.1, 0.15) is 6.33 Å². The van der Waals surface area contributed by atoms with E-state index in [-0.39, 0.29) is 0 Å². The molecule has 1 aromatic carbocycles. The van der Waals surface area contributed by atoms with Crippen molar-refractivity contribution in [2.75, 3.05) is 17.2 Å². The smallest absolute Gasteiger partial charge is 0.411 e. The first-order chi connectivity index (χ1) is 9.78. The Morgan fingerprint density at radius 2 is 1.95 bits per heavy atom. The zero-order valence-electron chi connectivity index (χ0n) is 11.2. The molecule has 0 atom stereocenters. The van der Waals surface area contributed by atoms with E-state index in [2.05, 4.69) is 20.6 Å². The molecule has 0 aliphatic heterocycles. The summed E-state index contributed by atoms with van der Waals surface area (Å²) < 4.78 is 4.80. The first kappa shape index (κ1) is 13.8. The highest BCUT2D eigenvalue weighted by Gasteiger charge is 2.01. The Morgan fingerprint density at radius 3 is 2.60 bits per heavy atom. The molecule has 0 bridgehead atoms. The van der Waals surface area contributed by atoms with Gasteiger partial charge in [-0.05, 0) is 37.3 Å². The zero-order chi connectivity index (χ0) is 14.2. The summed E-state index contributed by atoms with van der Waals surface area (Å²) in [6, 6.07) is 9.22. The topological polar surface area (TPSA) is 76.1 Å². The molecule has 6 nitrogen and oxygen atoms in total. The number of hydrogen-bond acceptors (Lipinski definition) is 5. The molecule has 0 unspecified atom stereocenters. The molecule has 1 amide bonds. The summed E-state index contributed by atoms with van der Waals surface area (Å²) >= 11 is 0. The van der Waals surface area contributed by atoms with Gasteiger partial charge in [-0.3, -0.25) is 5.32 Å². The molecule has 104 valence electrons. The molecule has 0 radical (unpaired) electrons. The van der Waals surface area contributed by atoms with Crippen molar-refractivity contribution in [2.45, 2.75) is 13.5 Å². The van der Waals surface area contributed by atoms with Crippen LogP contribution in [0.5, 0.6) is 0 Å². The molecule has 0 fully saturated rings. The fourth-order valence-electron chi connectivity index (χ4n) is 1.57. The Hall–Kier alpha value is -2.63. The number of nitrogens with one attached hydrogen (secondary N) is 2. The van der Waals surface area contributed by atoms with Crippen molar-refractivity contribution in [1.29, 1.82) is 0 Å². The first-order valence-corrected chi connectivity index (χ1v) is 6.30. The van der Waals surface area contributed by atoms with Gasteiger partial charge in [-0.1, -0.05) is 0 Å². The second-order valence-corrected chi connectivity index (χ2v) is 3.98. The van der Waals surface area contributed by atoms with Gasteiger partial charge in [0, 0.05) is 17.6 Å². The van der Waals surface area contributed by atoms with E-state index in [4.69, 9.17) is 4.74 Å². The van der Waals surface area contributed by atoms with Crippen molar-refractivity contribution in [3.8, 4) is 0 Å². The lowest BCUT2D eigenvalue weighted by Crippen LogP contribution is -2.13. The summed E-state index contributed by atoms with van der Waals surface area (Å²) in [7, 11) is 0. The van der Waals surface area contributed by atoms with Gasteiger partial charge in [0.2, 0.25) is 0 Å². The van der Waals surface area contributed by atoms with E-state index >= 15 is 0 Å². The maximum atomic E-state index is 11.2. The fraction of sp³-hybridized carbons (Fsp3) is 0.214. The molecule has 1 heterocycles. The van der Waals surface area contributed by atoms with Gasteiger partial charge >= 0.3 is 6.09 Å². The van der Waals surface area contributed by atoms with Crippen molar-refractivity contribution in [3.63, 3.8) is 0 Å². The second-order valence-electron chi connectivity index (χ2n) is 3.98. The number of benzene rings is 1. The summed E-state index contributed by atoms with van der Waals surface area (Å²) in [6.07, 6.45) is 2.77. The van der Waals surface area contributed by atoms with Crippen LogP contribution >= 0.6 is 0 Å². The van der Waals surface area contributed by atoms with Crippen LogP contribution in [0.4, 0.5) is 16.2 Å². The van der Waals surface area contributed by atoms with Crippen molar-refractivity contribution >= 4 is 17.5 Å². The van der Waals surface area contributed by atoms with Crippen molar-refractivity contribution in [3.05, 3.63) is 48.5 Å². The van der Waals surface area contributed by atoms with Gasteiger partial charge < -0.3 is 10.1 Å². The minimum absolute atomic E-state index is 0.352. The average molecular weight is 272 g/mol. The number of amides is 1. The molecular formula is C14H16N4O2. The molecule has 0 saturated carbocycles. The van der Waals surface area contributed by atoms with E-state index in [9.17, 15) is 4.79 Å². The van der Waals surface area contributed by atoms with E-state index < -0.39 is 6.09 Å². The van der Waals surface area contributed by atoms with E-state index in [1.807, 2.05) is 18.2 Å². The predicted octanol–water partition coefficient (Wildman–Crippen LogP) is 2.66. The highest BCUT2D eigenvalue weighted by Crippen LogP contribution is 2.14. The van der Waals surface area contributed by atoms with Crippen LogP contribution in [0.25, 0.3) is 0 Å². The number of nitrogens with zero attached hydrogens (tertiary/aromatic N) is 2. The third-order valence-corrected chi connectivity index (χ3v) is 2.52. The highest BCUT2D eigenvalue weighted by atomic mass is 16.5. The van der Waals surface area contributed by atoms with Gasteiger partial charge in [-0.25, -0.2) is 14.8 Å². The largest absolute Gasteiger partial charge is 0.450 e. The summed E-state index contributed by atoms with van der Waals surface area (Å²) in [6.45, 7) is 2.73. The molecule has 0 saturated heterocycles. The predicted molar refractivity (Wildman–Crippen MR) is 76.4 cm³/mol. The molecule has 2 rings (SSSR count). The van der Waals surface area contributed by atoms with Gasteiger partial charge in [-0.2, -0.15) is 0 Å². The van der Waals surface area contributed by atoms with Crippen LogP contribution in [0.2, 0.25) is 0 Å². The Labute approximate surface area is 117 Å². The van der Waals surface area contributed by atoms with Crippen LogP contribution in [0.1, 0.15) is 12.6 Å². The lowest BCUT2D eigenvalue weighted by Gasteiger charge is -2.08. The SMILES string of the molecule is CCOC(=O)Nc1ccc(NCc2ccncn2)cc1. The number of rotatable bonds is 5. The van der Waals surface area contributed by atoms with Crippen molar-refractivity contribution in [1.82, 2.24) is 9.97 Å². The average Bonchev–Trinajstić information content (AvgIpc) is 2.48. The Kier molecular flexibility index (Phi) is 4.88. The van der Waals surface area contributed by atoms with Crippen LogP contribution in [-0.2, 0) is 11.3 Å². The Morgan fingerprint density at radius 1 is 1.20 bits per heavy atom. The van der Waals surface area contributed by atoms with Gasteiger partial charge in [0.15, 0.2) is 0 Å². The summed E-state index contributed by atoms with van der Waals surface area (Å²) in [5, 5.41) is 5.87. The van der Waals surface area contributed by atoms with E-state index in [0.717, 1.165) is 11.4 Å². The fourth-order valence-corrected chi connectivity index (χ4v) is 1.57. The first-order valence-electron chi connectivity index (χ1n) is 6.30. The van der Waals surface area contributed by atoms with Gasteiger partial charge in [0.05, 0.1) is 18.8 Å². The molecule has 20 heavy (non-hydrogen) atoms. The van der Waals surface area contributed by atoms with Crippen molar-refractivity contribution < 1.29 is 9.53 Å². The summed E-state index contributed by atoms with van der Waals surface area (Å²) in [5.41, 5.74) is 2.54. The van der Waals surface area contributed by atoms with Crippen LogP contribution in [0.3, 0.4) is 0 Å². The van der Waals surface area contributed by atoms with Crippen LogP contribution in [-0.4, -0.2) is 22.7 Å². The quantitative estimate of drug-likeness (QED) is 0.875. The lowest BCUT2D eigenvalue weighted by atomic mass is 10.2. The monoisotopic (exact) mass is 272 g/mol. The number of hydrogen-bond donors (Lipinski definition) is 2. The molecule has 0 spiro atoms. The van der Waals surface area contributed by atoms with Crippen molar-refractivity contribution in [2.24, 2.45) is 0 Å². The van der Waals surface area contributed by atoms with Crippen LogP contribution < -0.4 is 10.6 Å². The van der Waals surface area contributed by atoms with E-state index in [1.54, 1.807) is 25.3 Å². The molecule has 6 heteroatoms. The number of carbonyl (C=O) groups is 1. The zero-order valence-corrected chi connectivity index (χ0v) is 11.2.